The standard InChI is InChI=1S/C41H43N13O2/c1-26(18-42)47-34-15-37(54-39-31(21-46-54)14-28(19-43)20-45-39)44-22-36(34)53-23-35(49-50-53)30-4-2-27(3-5-30)10-12-51-24-41(25-51)16-32(17-41)29-6-8-33(9-7-29)52-13-11-38(55)48-40(52)56/h6-9,14-15,20-23,26-27,30,32H,2-5,10-13,16-17,24-25H2,1H3,(H,44,47)(H,48,55,56). The normalized spacial score (nSPS) is 21.5. The Morgan fingerprint density at radius 1 is 1.00 bits per heavy atom. The fourth-order valence-electron chi connectivity index (χ4n) is 9.24. The summed E-state index contributed by atoms with van der Waals surface area (Å²) in [5.74, 6) is 1.97. The van der Waals surface area contributed by atoms with E-state index in [1.807, 2.05) is 24.4 Å². The fraction of sp³-hybridized carbons (Fsp3) is 0.439. The number of nitrogens with one attached hydrogen (secondary N) is 2. The predicted octanol–water partition coefficient (Wildman–Crippen LogP) is 5.58. The van der Waals surface area contributed by atoms with Crippen LogP contribution in [0.2, 0.25) is 0 Å². The van der Waals surface area contributed by atoms with Gasteiger partial charge in [0.2, 0.25) is 5.91 Å². The van der Waals surface area contributed by atoms with E-state index in [4.69, 9.17) is 0 Å². The molecule has 1 atom stereocenters. The molecule has 2 saturated heterocycles. The number of hydrogen-bond acceptors (Lipinski definition) is 11. The number of carbonyl (C=O) groups excluding carboxylic acids is 2. The van der Waals surface area contributed by atoms with Crippen molar-refractivity contribution in [3.63, 3.8) is 0 Å². The van der Waals surface area contributed by atoms with Gasteiger partial charge in [0.1, 0.15) is 17.8 Å². The third kappa shape index (κ3) is 6.83. The average Bonchev–Trinajstić information content (AvgIpc) is 3.85. The third-order valence-electron chi connectivity index (χ3n) is 12.3. The molecule has 2 aliphatic carbocycles. The first-order valence-corrected chi connectivity index (χ1v) is 19.5. The molecule has 6 heterocycles. The van der Waals surface area contributed by atoms with Crippen molar-refractivity contribution in [2.75, 3.05) is 36.4 Å². The first kappa shape index (κ1) is 35.5. The van der Waals surface area contributed by atoms with E-state index >= 15 is 0 Å². The molecule has 1 spiro atoms. The lowest BCUT2D eigenvalue weighted by Crippen LogP contribution is -2.61. The molecule has 0 bridgehead atoms. The van der Waals surface area contributed by atoms with Crippen LogP contribution < -0.4 is 15.5 Å². The highest BCUT2D eigenvalue weighted by molar-refractivity contribution is 6.05. The minimum absolute atomic E-state index is 0.212. The minimum atomic E-state index is -0.461. The van der Waals surface area contributed by atoms with Gasteiger partial charge < -0.3 is 10.2 Å². The topological polar surface area (TPSA) is 187 Å². The Labute approximate surface area is 324 Å². The number of amides is 3. The van der Waals surface area contributed by atoms with Crippen molar-refractivity contribution in [2.24, 2.45) is 11.3 Å². The number of anilines is 2. The molecule has 9 rings (SSSR count). The van der Waals surface area contributed by atoms with Gasteiger partial charge in [0.05, 0.1) is 41.6 Å². The molecule has 3 amide bonds. The van der Waals surface area contributed by atoms with Crippen molar-refractivity contribution < 1.29 is 9.59 Å². The molecule has 1 unspecified atom stereocenters. The lowest BCUT2D eigenvalue weighted by molar-refractivity contribution is -0.120. The zero-order chi connectivity index (χ0) is 38.4. The van der Waals surface area contributed by atoms with E-state index < -0.39 is 6.04 Å². The van der Waals surface area contributed by atoms with E-state index in [-0.39, 0.29) is 11.9 Å². The van der Waals surface area contributed by atoms with Crippen LogP contribution in [0.1, 0.15) is 86.9 Å². The van der Waals surface area contributed by atoms with Crippen molar-refractivity contribution >= 4 is 34.3 Å². The van der Waals surface area contributed by atoms with Gasteiger partial charge in [-0.1, -0.05) is 17.3 Å². The van der Waals surface area contributed by atoms with Crippen molar-refractivity contribution in [1.29, 1.82) is 10.5 Å². The molecule has 2 N–H and O–H groups in total. The highest BCUT2D eigenvalue weighted by Crippen LogP contribution is 2.56. The second-order valence-corrected chi connectivity index (χ2v) is 16.1. The maximum atomic E-state index is 12.2. The summed E-state index contributed by atoms with van der Waals surface area (Å²) in [7, 11) is 0. The second-order valence-electron chi connectivity index (χ2n) is 16.1. The minimum Gasteiger partial charge on any atom is -0.368 e. The number of benzene rings is 1. The molecule has 15 heteroatoms. The molecule has 1 aromatic carbocycles. The summed E-state index contributed by atoms with van der Waals surface area (Å²) in [4.78, 5) is 37.1. The maximum Gasteiger partial charge on any atom is 0.328 e. The molecule has 4 aliphatic rings. The Morgan fingerprint density at radius 3 is 2.55 bits per heavy atom. The van der Waals surface area contributed by atoms with Crippen LogP contribution in [0.25, 0.3) is 22.5 Å². The zero-order valence-electron chi connectivity index (χ0n) is 31.3. The summed E-state index contributed by atoms with van der Waals surface area (Å²) in [5.41, 5.74) is 6.03. The first-order valence-electron chi connectivity index (χ1n) is 19.5. The molecule has 2 aliphatic heterocycles. The first-order chi connectivity index (χ1) is 27.3. The lowest BCUT2D eigenvalue weighted by Gasteiger charge is -2.59. The highest BCUT2D eigenvalue weighted by Gasteiger charge is 2.52. The Bertz CT molecular complexity index is 2370. The predicted molar refractivity (Wildman–Crippen MR) is 207 cm³/mol. The molecule has 0 radical (unpaired) electrons. The third-order valence-corrected chi connectivity index (χ3v) is 12.3. The SMILES string of the molecule is CC(C#N)Nc1cc(-n2ncc3cc(C#N)cnc32)ncc1-n1cc(C2CCC(CCN3CC4(CC(c5ccc(N6CCC(=O)NC6=O)cc5)C4)C3)CC2)nn1. The number of pyridine rings is 2. The van der Waals surface area contributed by atoms with Gasteiger partial charge in [-0.15, -0.1) is 5.10 Å². The van der Waals surface area contributed by atoms with Crippen molar-refractivity contribution in [2.45, 2.75) is 76.2 Å². The molecule has 2 saturated carbocycles. The number of likely N-dealkylation sites (tertiary alicyclic amines) is 1. The van der Waals surface area contributed by atoms with Gasteiger partial charge in [-0.2, -0.15) is 20.3 Å². The van der Waals surface area contributed by atoms with E-state index in [2.05, 4.69) is 65.2 Å². The molecular weight excluding hydrogens is 707 g/mol. The summed E-state index contributed by atoms with van der Waals surface area (Å²) >= 11 is 0. The van der Waals surface area contributed by atoms with Gasteiger partial charge >= 0.3 is 6.03 Å². The van der Waals surface area contributed by atoms with Crippen LogP contribution in [0.4, 0.5) is 16.2 Å². The number of hydrogen-bond donors (Lipinski definition) is 2. The van der Waals surface area contributed by atoms with Crippen LogP contribution in [-0.4, -0.2) is 83.8 Å². The number of carbonyl (C=O) groups is 2. The van der Waals surface area contributed by atoms with Gasteiger partial charge in [-0.05, 0) is 99.4 Å². The van der Waals surface area contributed by atoms with E-state index in [1.165, 1.54) is 57.0 Å². The number of nitrogens with zero attached hydrogens (tertiary/aromatic N) is 11. The molecule has 5 aromatic rings. The summed E-state index contributed by atoms with van der Waals surface area (Å²) < 4.78 is 3.35. The second kappa shape index (κ2) is 14.5. The van der Waals surface area contributed by atoms with Crippen molar-refractivity contribution in [3.8, 4) is 23.6 Å². The largest absolute Gasteiger partial charge is 0.368 e. The number of nitriles is 2. The van der Waals surface area contributed by atoms with E-state index in [0.717, 1.165) is 42.1 Å². The molecule has 56 heavy (non-hydrogen) atoms. The van der Waals surface area contributed by atoms with Crippen LogP contribution in [-0.2, 0) is 4.79 Å². The average molecular weight is 750 g/mol. The summed E-state index contributed by atoms with van der Waals surface area (Å²) in [5, 5.41) is 38.8. The Kier molecular flexibility index (Phi) is 9.17. The number of urea groups is 1. The lowest BCUT2D eigenvalue weighted by atomic mass is 9.56. The number of rotatable bonds is 10. The Balaban J connectivity index is 0.757. The van der Waals surface area contributed by atoms with Crippen LogP contribution in [0.15, 0.2) is 61.2 Å². The maximum absolute atomic E-state index is 12.2. The van der Waals surface area contributed by atoms with Gasteiger partial charge in [0, 0.05) is 55.3 Å². The summed E-state index contributed by atoms with van der Waals surface area (Å²) in [6.45, 7) is 5.77. The van der Waals surface area contributed by atoms with Crippen LogP contribution >= 0.6 is 0 Å². The number of aromatic nitrogens is 7. The quantitative estimate of drug-likeness (QED) is 0.182. The highest BCUT2D eigenvalue weighted by atomic mass is 16.2. The molecule has 4 fully saturated rings. The van der Waals surface area contributed by atoms with Gasteiger partial charge in [0.15, 0.2) is 11.5 Å². The molecular formula is C41H43N13O2. The van der Waals surface area contributed by atoms with Crippen molar-refractivity contribution in [1.82, 2.24) is 45.0 Å². The van der Waals surface area contributed by atoms with Crippen LogP contribution in [0, 0.1) is 34.0 Å². The summed E-state index contributed by atoms with van der Waals surface area (Å²) in [6, 6.07) is 15.5. The van der Waals surface area contributed by atoms with Gasteiger partial charge in [0.25, 0.3) is 0 Å². The summed E-state index contributed by atoms with van der Waals surface area (Å²) in [6.07, 6.45) is 15.5. The van der Waals surface area contributed by atoms with E-state index in [0.29, 0.717) is 58.6 Å². The number of fused-ring (bicyclic) bond motifs is 1. The molecule has 284 valence electrons. The smallest absolute Gasteiger partial charge is 0.328 e. The van der Waals surface area contributed by atoms with Crippen molar-refractivity contribution in [3.05, 3.63) is 78.0 Å². The Hall–Kier alpha value is -6.19. The van der Waals surface area contributed by atoms with Crippen LogP contribution in [0.5, 0.6) is 0 Å². The molecule has 15 nitrogen and oxygen atoms in total. The number of imide groups is 1. The molecule has 4 aromatic heterocycles. The van der Waals surface area contributed by atoms with E-state index in [9.17, 15) is 20.1 Å². The fourth-order valence-corrected chi connectivity index (χ4v) is 9.24. The monoisotopic (exact) mass is 749 g/mol. The van der Waals surface area contributed by atoms with E-state index in [1.54, 1.807) is 39.6 Å². The van der Waals surface area contributed by atoms with Gasteiger partial charge in [-0.25, -0.2) is 19.4 Å². The van der Waals surface area contributed by atoms with Gasteiger partial charge in [-0.3, -0.25) is 15.0 Å². The van der Waals surface area contributed by atoms with Crippen LogP contribution in [0.3, 0.4) is 0 Å². The zero-order valence-corrected chi connectivity index (χ0v) is 31.3. The Morgan fingerprint density at radius 2 is 1.80 bits per heavy atom.